The van der Waals surface area contributed by atoms with Crippen molar-refractivity contribution >= 4 is 17.9 Å². The van der Waals surface area contributed by atoms with Gasteiger partial charge in [-0.2, -0.15) is 0 Å². The fourth-order valence-electron chi connectivity index (χ4n) is 9.26. The second kappa shape index (κ2) is 75.1. The van der Waals surface area contributed by atoms with Gasteiger partial charge in [-0.25, -0.2) is 0 Å². The molecule has 0 heterocycles. The summed E-state index contributed by atoms with van der Waals surface area (Å²) in [5.41, 5.74) is 0. The van der Waals surface area contributed by atoms with Crippen LogP contribution in [0.2, 0.25) is 0 Å². The number of esters is 2. The number of hydrogen-bond donors (Lipinski definition) is 0. The van der Waals surface area contributed by atoms with Crippen LogP contribution in [0.3, 0.4) is 0 Å². The molecular formula is C88H135NO8. The van der Waals surface area contributed by atoms with Crippen LogP contribution in [-0.4, -0.2) is 82.3 Å². The highest BCUT2D eigenvalue weighted by atomic mass is 16.7. The molecule has 2 unspecified atom stereocenters. The fraction of sp³-hybridized carbons (Fsp3) is 0.534. The van der Waals surface area contributed by atoms with Gasteiger partial charge in [0.05, 0.1) is 40.3 Å². The van der Waals surface area contributed by atoms with Gasteiger partial charge in [-0.15, -0.1) is 0 Å². The maximum Gasteiger partial charge on any atom is 0.306 e. The van der Waals surface area contributed by atoms with Crippen LogP contribution in [0, 0.1) is 0 Å². The van der Waals surface area contributed by atoms with Crippen LogP contribution in [0.25, 0.3) is 0 Å². The second-order valence-electron chi connectivity index (χ2n) is 25.1. The highest BCUT2D eigenvalue weighted by Gasteiger charge is 2.22. The molecule has 0 spiro atoms. The number of carboxylic acids is 1. The van der Waals surface area contributed by atoms with E-state index in [1.807, 2.05) is 21.1 Å². The molecule has 97 heavy (non-hydrogen) atoms. The molecule has 0 N–H and O–H groups in total. The number of unbranched alkanes of at least 4 members (excludes halogenated alkanes) is 13. The first-order valence-corrected chi connectivity index (χ1v) is 37.5. The summed E-state index contributed by atoms with van der Waals surface area (Å²) >= 11 is 0. The number of hydrogen-bond acceptors (Lipinski definition) is 8. The quantitative estimate of drug-likeness (QED) is 0.0195. The summed E-state index contributed by atoms with van der Waals surface area (Å²) < 4.78 is 22.8. The van der Waals surface area contributed by atoms with E-state index in [9.17, 15) is 19.5 Å². The molecule has 0 aliphatic heterocycles. The Bertz CT molecular complexity index is 2450. The summed E-state index contributed by atoms with van der Waals surface area (Å²) in [7, 11) is 5.90. The molecule has 540 valence electrons. The van der Waals surface area contributed by atoms with E-state index in [2.05, 4.69) is 245 Å². The molecule has 9 nitrogen and oxygen atoms in total. The largest absolute Gasteiger partial charge is 0.545 e. The van der Waals surface area contributed by atoms with E-state index in [0.29, 0.717) is 23.9 Å². The van der Waals surface area contributed by atoms with Crippen LogP contribution in [0.5, 0.6) is 0 Å². The molecule has 0 radical (unpaired) electrons. The Balaban J connectivity index is 4.26. The van der Waals surface area contributed by atoms with Gasteiger partial charge in [0.1, 0.15) is 13.2 Å². The van der Waals surface area contributed by atoms with Crippen molar-refractivity contribution in [3.63, 3.8) is 0 Å². The first-order chi connectivity index (χ1) is 47.6. The third kappa shape index (κ3) is 76.6. The molecule has 0 aliphatic carbocycles. The number of aliphatic carboxylic acids is 1. The monoisotopic (exact) mass is 1330 g/mol. The van der Waals surface area contributed by atoms with Crippen molar-refractivity contribution in [3.05, 3.63) is 231 Å². The molecule has 2 atom stereocenters. The number of carboxylic acid groups (broad SMARTS) is 1. The average Bonchev–Trinajstić information content (AvgIpc) is 3.74. The van der Waals surface area contributed by atoms with Crippen LogP contribution < -0.4 is 5.11 Å². The minimum Gasteiger partial charge on any atom is -0.545 e. The van der Waals surface area contributed by atoms with E-state index in [-0.39, 0.29) is 38.6 Å². The van der Waals surface area contributed by atoms with Crippen molar-refractivity contribution < 1.29 is 42.9 Å². The summed E-state index contributed by atoms with van der Waals surface area (Å²) in [6.07, 6.45) is 117. The lowest BCUT2D eigenvalue weighted by molar-refractivity contribution is -0.870. The van der Waals surface area contributed by atoms with Gasteiger partial charge in [-0.1, -0.05) is 303 Å². The van der Waals surface area contributed by atoms with Crippen LogP contribution in [-0.2, 0) is 33.3 Å². The average molecular weight is 1340 g/mol. The van der Waals surface area contributed by atoms with Gasteiger partial charge in [0.25, 0.3) is 0 Å². The van der Waals surface area contributed by atoms with E-state index in [1.54, 1.807) is 0 Å². The predicted molar refractivity (Wildman–Crippen MR) is 416 cm³/mol. The zero-order valence-electron chi connectivity index (χ0n) is 61.6. The lowest BCUT2D eigenvalue weighted by Gasteiger charge is -2.26. The van der Waals surface area contributed by atoms with Crippen molar-refractivity contribution in [2.75, 3.05) is 47.5 Å². The van der Waals surface area contributed by atoms with Gasteiger partial charge in [0.2, 0.25) is 0 Å². The minimum atomic E-state index is -1.65. The standard InChI is InChI=1S/C88H135NO8/c1-6-8-10-12-14-16-18-20-22-24-26-28-30-32-34-36-38-40-42-43-45-46-48-50-52-54-56-58-60-62-64-66-68-70-72-74-76-78-85(90)95-82-84(83-96-88(87(92)93)94-81-80-89(3,4)5)97-86(91)79-77-75-73-71-69-67-65-63-61-59-57-55-53-51-49-47-44-41-39-37-35-33-31-29-27-25-23-21-19-17-15-13-11-9-7-2/h8-11,14-17,20-23,26-29,32-35,38-41,43,45,47-50,53-56,59,61,65,67,84,88H,6-7,12-13,18-19,24-25,30-31,36-37,42,44,46,51-52,57-58,60,62-64,66,68-83H2,1-5H3/b10-8-,11-9-,16-14-,17-15-,22-20-,23-21-,28-26-,29-27-,34-32-,35-33-,40-38-,41-39-,45-43-,49-47-,50-48-,55-53-,56-54-,61-59-,67-65-. The van der Waals surface area contributed by atoms with Gasteiger partial charge in [-0.05, 0) is 161 Å². The minimum absolute atomic E-state index is 0.128. The molecule has 0 saturated heterocycles. The van der Waals surface area contributed by atoms with E-state index < -0.39 is 24.3 Å². The molecule has 0 aromatic rings. The maximum absolute atomic E-state index is 12.9. The van der Waals surface area contributed by atoms with Crippen LogP contribution >= 0.6 is 0 Å². The first kappa shape index (κ1) is 90.4. The molecule has 0 aromatic carbocycles. The van der Waals surface area contributed by atoms with E-state index in [0.717, 1.165) is 173 Å². The lowest BCUT2D eigenvalue weighted by Crippen LogP contribution is -2.44. The Labute approximate surface area is 593 Å². The summed E-state index contributed by atoms with van der Waals surface area (Å²) in [5, 5.41) is 11.8. The van der Waals surface area contributed by atoms with Gasteiger partial charge < -0.3 is 33.3 Å². The molecule has 0 saturated carbocycles. The van der Waals surface area contributed by atoms with Crippen molar-refractivity contribution in [3.8, 4) is 0 Å². The molecule has 0 bridgehead atoms. The Morgan fingerprint density at radius 3 is 0.825 bits per heavy atom. The normalized spacial score (nSPS) is 14.0. The van der Waals surface area contributed by atoms with Crippen LogP contribution in [0.1, 0.15) is 245 Å². The number of rotatable bonds is 66. The van der Waals surface area contributed by atoms with Crippen LogP contribution in [0.4, 0.5) is 0 Å². The van der Waals surface area contributed by atoms with Crippen molar-refractivity contribution in [2.45, 2.75) is 257 Å². The van der Waals surface area contributed by atoms with E-state index in [4.69, 9.17) is 18.9 Å². The van der Waals surface area contributed by atoms with E-state index in [1.165, 1.54) is 32.1 Å². The van der Waals surface area contributed by atoms with E-state index >= 15 is 0 Å². The van der Waals surface area contributed by atoms with Gasteiger partial charge in [-0.3, -0.25) is 9.59 Å². The maximum atomic E-state index is 12.9. The molecule has 0 aromatic heterocycles. The SMILES string of the molecule is CC/C=C\C/C=C\C/C=C\C/C=C\C/C=C\C/C=C\C/C=C\C/C=C\C/C=C\C/C=C\CCCCCCC(=O)OC(COC(=O)CCCCCCCCCCC/C=C\C/C=C\C/C=C\C/C=C\C/C=C\C/C=C\C/C=C\C/C=C\C/C=C\CC)COC(OCC[N+](C)(C)C)C(=O)[O-]. The molecule has 9 heteroatoms. The van der Waals surface area contributed by atoms with Crippen molar-refractivity contribution in [1.82, 2.24) is 0 Å². The number of ether oxygens (including phenoxy) is 4. The predicted octanol–water partition coefficient (Wildman–Crippen LogP) is 22.9. The summed E-state index contributed by atoms with van der Waals surface area (Å²) in [5.74, 6) is -2.35. The third-order valence-corrected chi connectivity index (χ3v) is 14.9. The molecule has 0 fully saturated rings. The first-order valence-electron chi connectivity index (χ1n) is 37.5. The highest BCUT2D eigenvalue weighted by molar-refractivity contribution is 5.70. The third-order valence-electron chi connectivity index (χ3n) is 14.9. The second-order valence-corrected chi connectivity index (χ2v) is 25.1. The van der Waals surface area contributed by atoms with Gasteiger partial charge in [0.15, 0.2) is 12.4 Å². The summed E-state index contributed by atoms with van der Waals surface area (Å²) in [6.45, 7) is 4.45. The molecule has 0 rings (SSSR count). The summed E-state index contributed by atoms with van der Waals surface area (Å²) in [6, 6.07) is 0. The molecule has 0 aliphatic rings. The number of nitrogens with zero attached hydrogens (tertiary/aromatic N) is 1. The van der Waals surface area contributed by atoms with Crippen molar-refractivity contribution in [1.29, 1.82) is 0 Å². The Hall–Kier alpha value is -6.65. The Kier molecular flexibility index (Phi) is 70.0. The summed E-state index contributed by atoms with van der Waals surface area (Å²) in [4.78, 5) is 37.6. The van der Waals surface area contributed by atoms with Crippen LogP contribution in [0.15, 0.2) is 231 Å². The Morgan fingerprint density at radius 1 is 0.309 bits per heavy atom. The van der Waals surface area contributed by atoms with Gasteiger partial charge >= 0.3 is 11.9 Å². The number of likely N-dealkylation sites (N-methyl/N-ethyl adjacent to an activating group) is 1. The lowest BCUT2D eigenvalue weighted by atomic mass is 10.1. The smallest absolute Gasteiger partial charge is 0.306 e. The number of carbonyl (C=O) groups excluding carboxylic acids is 3. The van der Waals surface area contributed by atoms with Gasteiger partial charge in [0, 0.05) is 12.8 Å². The fourth-order valence-corrected chi connectivity index (χ4v) is 9.26. The Morgan fingerprint density at radius 2 is 0.557 bits per heavy atom. The topological polar surface area (TPSA) is 111 Å². The molecule has 0 amide bonds. The number of allylic oxidation sites excluding steroid dienone is 38. The number of carbonyl (C=O) groups is 3. The zero-order chi connectivity index (χ0) is 70.4. The zero-order valence-corrected chi connectivity index (χ0v) is 61.6. The highest BCUT2D eigenvalue weighted by Crippen LogP contribution is 2.14. The number of quaternary nitrogens is 1. The van der Waals surface area contributed by atoms with Crippen molar-refractivity contribution in [2.24, 2.45) is 0 Å². The molecular weight excluding hydrogens is 1200 g/mol.